The van der Waals surface area contributed by atoms with Crippen LogP contribution in [0, 0.1) is 0 Å². The van der Waals surface area contributed by atoms with Crippen molar-refractivity contribution in [3.8, 4) is 5.75 Å². The van der Waals surface area contributed by atoms with Gasteiger partial charge in [0.05, 0.1) is 29.6 Å². The van der Waals surface area contributed by atoms with Crippen molar-refractivity contribution in [2.24, 2.45) is 0 Å². The number of carboxylic acid groups (broad SMARTS) is 2. The molecule has 2 aromatic carbocycles. The van der Waals surface area contributed by atoms with Gasteiger partial charge >= 0.3 is 11.9 Å². The van der Waals surface area contributed by atoms with Crippen molar-refractivity contribution >= 4 is 29.2 Å². The summed E-state index contributed by atoms with van der Waals surface area (Å²) in [7, 11) is 0. The zero-order chi connectivity index (χ0) is 22.6. The van der Waals surface area contributed by atoms with Crippen molar-refractivity contribution in [3.05, 3.63) is 58.6 Å². The van der Waals surface area contributed by atoms with Gasteiger partial charge in [-0.15, -0.1) is 0 Å². The Balaban J connectivity index is 0.000000366. The Morgan fingerprint density at radius 1 is 1.06 bits per heavy atom. The van der Waals surface area contributed by atoms with E-state index in [-0.39, 0.29) is 18.9 Å². The number of nitrogens with one attached hydrogen (secondary N) is 2. The van der Waals surface area contributed by atoms with E-state index in [4.69, 9.17) is 26.6 Å². The van der Waals surface area contributed by atoms with Gasteiger partial charge < -0.3 is 25.6 Å². The van der Waals surface area contributed by atoms with Gasteiger partial charge in [-0.05, 0) is 62.2 Å². The molecule has 0 spiro atoms. The number of anilines is 1. The number of halogens is 1. The number of benzene rings is 2. The zero-order valence-electron chi connectivity index (χ0n) is 17.6. The van der Waals surface area contributed by atoms with Crippen LogP contribution in [0.3, 0.4) is 0 Å². The SMILES string of the molecule is CC(COc1ccccc1)Nc1c(Cl)ccc2c1CCNCC2.O=C(O)CCC(=O)O. The lowest BCUT2D eigenvalue weighted by Crippen LogP contribution is -2.24. The lowest BCUT2D eigenvalue weighted by atomic mass is 10.0. The molecular formula is C23H29ClN2O5. The van der Waals surface area contributed by atoms with E-state index in [1.54, 1.807) is 0 Å². The molecule has 2 aromatic rings. The number of hydrogen-bond donors (Lipinski definition) is 4. The number of fused-ring (bicyclic) bond motifs is 1. The van der Waals surface area contributed by atoms with E-state index in [1.807, 2.05) is 36.4 Å². The molecule has 0 saturated carbocycles. The summed E-state index contributed by atoms with van der Waals surface area (Å²) in [5, 5.41) is 23.6. The van der Waals surface area contributed by atoms with Crippen molar-refractivity contribution in [2.75, 3.05) is 25.0 Å². The highest BCUT2D eigenvalue weighted by molar-refractivity contribution is 6.33. The molecule has 0 bridgehead atoms. The molecule has 0 radical (unpaired) electrons. The quantitative estimate of drug-likeness (QED) is 0.485. The van der Waals surface area contributed by atoms with Gasteiger partial charge in [0.2, 0.25) is 0 Å². The van der Waals surface area contributed by atoms with Crippen LogP contribution in [0.5, 0.6) is 5.75 Å². The molecule has 168 valence electrons. The van der Waals surface area contributed by atoms with Crippen molar-refractivity contribution in [3.63, 3.8) is 0 Å². The molecule has 0 fully saturated rings. The Bertz CT molecular complexity index is 847. The van der Waals surface area contributed by atoms with Gasteiger partial charge in [0.25, 0.3) is 0 Å². The second kappa shape index (κ2) is 12.8. The smallest absolute Gasteiger partial charge is 0.303 e. The summed E-state index contributed by atoms with van der Waals surface area (Å²) >= 11 is 6.45. The minimum absolute atomic E-state index is 0.176. The number of carboxylic acids is 2. The Morgan fingerprint density at radius 2 is 1.71 bits per heavy atom. The van der Waals surface area contributed by atoms with E-state index in [0.717, 1.165) is 42.4 Å². The summed E-state index contributed by atoms with van der Waals surface area (Å²) in [5.74, 6) is -1.26. The molecule has 8 heteroatoms. The molecule has 1 aliphatic heterocycles. The van der Waals surface area contributed by atoms with Crippen molar-refractivity contribution in [1.29, 1.82) is 0 Å². The maximum atomic E-state index is 9.64. The third-order valence-electron chi connectivity index (χ3n) is 4.67. The van der Waals surface area contributed by atoms with E-state index in [0.29, 0.717) is 6.61 Å². The zero-order valence-corrected chi connectivity index (χ0v) is 18.3. The summed E-state index contributed by atoms with van der Waals surface area (Å²) in [6.07, 6.45) is 1.46. The van der Waals surface area contributed by atoms with E-state index < -0.39 is 11.9 Å². The predicted octanol–water partition coefficient (Wildman–Crippen LogP) is 3.84. The van der Waals surface area contributed by atoms with Crippen LogP contribution in [0.1, 0.15) is 30.9 Å². The van der Waals surface area contributed by atoms with Gasteiger partial charge in [0.15, 0.2) is 0 Å². The molecule has 0 amide bonds. The molecular weight excluding hydrogens is 420 g/mol. The largest absolute Gasteiger partial charge is 0.491 e. The normalized spacial score (nSPS) is 13.6. The van der Waals surface area contributed by atoms with Gasteiger partial charge in [-0.25, -0.2) is 0 Å². The summed E-state index contributed by atoms with van der Waals surface area (Å²) in [4.78, 5) is 19.3. The molecule has 3 rings (SSSR count). The minimum Gasteiger partial charge on any atom is -0.491 e. The maximum absolute atomic E-state index is 9.64. The van der Waals surface area contributed by atoms with Crippen LogP contribution in [-0.2, 0) is 22.4 Å². The molecule has 0 saturated heterocycles. The first-order valence-corrected chi connectivity index (χ1v) is 10.6. The standard InChI is InChI=1S/C19H23ClN2O.C4H6O4/c1-14(13-23-16-5-3-2-4-6-16)22-19-17-10-12-21-11-9-15(17)7-8-18(19)20;5-3(6)1-2-4(7)8/h2-8,14,21-22H,9-13H2,1H3;1-2H2,(H,5,6)(H,7,8). The minimum atomic E-state index is -1.08. The molecule has 0 aromatic heterocycles. The van der Waals surface area contributed by atoms with Crippen molar-refractivity contribution in [2.45, 2.75) is 38.6 Å². The van der Waals surface area contributed by atoms with Crippen LogP contribution in [-0.4, -0.2) is 47.9 Å². The molecule has 1 heterocycles. The van der Waals surface area contributed by atoms with E-state index >= 15 is 0 Å². The number of ether oxygens (including phenoxy) is 1. The van der Waals surface area contributed by atoms with Crippen LogP contribution in [0.4, 0.5) is 5.69 Å². The van der Waals surface area contributed by atoms with Crippen LogP contribution < -0.4 is 15.4 Å². The Hall–Kier alpha value is -2.77. The Labute approximate surface area is 187 Å². The highest BCUT2D eigenvalue weighted by Crippen LogP contribution is 2.31. The molecule has 1 aliphatic rings. The topological polar surface area (TPSA) is 108 Å². The fourth-order valence-corrected chi connectivity index (χ4v) is 3.37. The summed E-state index contributed by atoms with van der Waals surface area (Å²) in [6, 6.07) is 14.2. The Morgan fingerprint density at radius 3 is 2.35 bits per heavy atom. The van der Waals surface area contributed by atoms with Crippen LogP contribution >= 0.6 is 11.6 Å². The lowest BCUT2D eigenvalue weighted by Gasteiger charge is -2.21. The number of hydrogen-bond acceptors (Lipinski definition) is 5. The first-order valence-electron chi connectivity index (χ1n) is 10.3. The Kier molecular flexibility index (Phi) is 10.1. The second-order valence-corrected chi connectivity index (χ2v) is 7.67. The van der Waals surface area contributed by atoms with Crippen molar-refractivity contribution in [1.82, 2.24) is 5.32 Å². The molecule has 31 heavy (non-hydrogen) atoms. The van der Waals surface area contributed by atoms with Gasteiger partial charge in [0, 0.05) is 0 Å². The van der Waals surface area contributed by atoms with E-state index in [1.165, 1.54) is 11.1 Å². The fraction of sp³-hybridized carbons (Fsp3) is 0.391. The van der Waals surface area contributed by atoms with Gasteiger partial charge in [0.1, 0.15) is 12.4 Å². The van der Waals surface area contributed by atoms with Gasteiger partial charge in [-0.2, -0.15) is 0 Å². The molecule has 0 aliphatic carbocycles. The maximum Gasteiger partial charge on any atom is 0.303 e. The average molecular weight is 449 g/mol. The fourth-order valence-electron chi connectivity index (χ4n) is 3.14. The van der Waals surface area contributed by atoms with Crippen LogP contribution in [0.15, 0.2) is 42.5 Å². The highest BCUT2D eigenvalue weighted by Gasteiger charge is 2.16. The number of carbonyl (C=O) groups is 2. The average Bonchev–Trinajstić information content (AvgIpc) is 3.00. The van der Waals surface area contributed by atoms with Gasteiger partial charge in [-0.3, -0.25) is 9.59 Å². The third-order valence-corrected chi connectivity index (χ3v) is 4.98. The number of rotatable bonds is 8. The van der Waals surface area contributed by atoms with E-state index in [2.05, 4.69) is 23.6 Å². The highest BCUT2D eigenvalue weighted by atomic mass is 35.5. The van der Waals surface area contributed by atoms with Crippen LogP contribution in [0.2, 0.25) is 5.02 Å². The van der Waals surface area contributed by atoms with Gasteiger partial charge in [-0.1, -0.05) is 35.9 Å². The third kappa shape index (κ3) is 8.86. The monoisotopic (exact) mass is 448 g/mol. The molecule has 1 unspecified atom stereocenters. The second-order valence-electron chi connectivity index (χ2n) is 7.27. The first kappa shape index (κ1) is 24.5. The lowest BCUT2D eigenvalue weighted by molar-refractivity contribution is -0.143. The van der Waals surface area contributed by atoms with E-state index in [9.17, 15) is 9.59 Å². The summed E-state index contributed by atoms with van der Waals surface area (Å²) in [5.41, 5.74) is 3.80. The first-order chi connectivity index (χ1) is 14.9. The number of aliphatic carboxylic acids is 2. The molecule has 7 nitrogen and oxygen atoms in total. The number of para-hydroxylation sites is 1. The van der Waals surface area contributed by atoms with Crippen LogP contribution in [0.25, 0.3) is 0 Å². The summed E-state index contributed by atoms with van der Waals surface area (Å²) < 4.78 is 5.83. The summed E-state index contributed by atoms with van der Waals surface area (Å²) in [6.45, 7) is 4.74. The molecule has 4 N–H and O–H groups in total. The predicted molar refractivity (Wildman–Crippen MR) is 121 cm³/mol. The van der Waals surface area contributed by atoms with Crippen molar-refractivity contribution < 1.29 is 24.5 Å². The molecule has 1 atom stereocenters.